The second-order valence-electron chi connectivity index (χ2n) is 16.1. The molecule has 3 N–H and O–H groups in total. The molecular weight excluding hydrogens is 764 g/mol. The summed E-state index contributed by atoms with van der Waals surface area (Å²) in [5.74, 6) is -0.391. The first-order chi connectivity index (χ1) is 28.8. The third-order valence-electron chi connectivity index (χ3n) is 10.2. The molecule has 0 aliphatic carbocycles. The van der Waals surface area contributed by atoms with Crippen LogP contribution >= 0.6 is 7.82 Å². The van der Waals surface area contributed by atoms with Gasteiger partial charge in [-0.3, -0.25) is 13.8 Å². The molecule has 0 aromatic rings. The van der Waals surface area contributed by atoms with Crippen LogP contribution in [0.25, 0.3) is 0 Å². The van der Waals surface area contributed by atoms with E-state index in [0.717, 1.165) is 70.6 Å². The molecule has 0 amide bonds. The minimum absolute atomic E-state index is 0.0417. The monoisotopic (exact) mass is 855 g/mol. The van der Waals surface area contributed by atoms with Crippen LogP contribution in [0.3, 0.4) is 0 Å². The molecule has 346 valence electrons. The summed E-state index contributed by atoms with van der Waals surface area (Å²) in [6.45, 7) is 3.49. The van der Waals surface area contributed by atoms with E-state index in [1.807, 2.05) is 0 Å². The maximum atomic E-state index is 12.7. The summed E-state index contributed by atoms with van der Waals surface area (Å²) >= 11 is 0. The fourth-order valence-corrected chi connectivity index (χ4v) is 7.32. The first-order valence-electron chi connectivity index (χ1n) is 24.1. The largest absolute Gasteiger partial charge is 0.472 e. The van der Waals surface area contributed by atoms with Crippen molar-refractivity contribution in [3.05, 3.63) is 48.6 Å². The molecule has 0 aliphatic rings. The van der Waals surface area contributed by atoms with Crippen LogP contribution < -0.4 is 0 Å². The van der Waals surface area contributed by atoms with Crippen molar-refractivity contribution in [3.63, 3.8) is 0 Å². The van der Waals surface area contributed by atoms with Crippen LogP contribution in [-0.2, 0) is 27.9 Å². The van der Waals surface area contributed by atoms with E-state index in [-0.39, 0.29) is 19.6 Å². The van der Waals surface area contributed by atoms with Crippen molar-refractivity contribution < 1.29 is 43.0 Å². The summed E-state index contributed by atoms with van der Waals surface area (Å²) in [6, 6.07) is 0. The Balaban J connectivity index is 4.12. The zero-order valence-corrected chi connectivity index (χ0v) is 38.9. The predicted octanol–water partition coefficient (Wildman–Crippen LogP) is 13.8. The Morgan fingerprint density at radius 3 is 1.39 bits per heavy atom. The summed E-state index contributed by atoms with van der Waals surface area (Å²) in [6.07, 6.45) is 52.1. The van der Waals surface area contributed by atoms with Gasteiger partial charge in [0.25, 0.3) is 0 Å². The van der Waals surface area contributed by atoms with Crippen molar-refractivity contribution in [2.24, 2.45) is 0 Å². The van der Waals surface area contributed by atoms with Crippen molar-refractivity contribution in [2.75, 3.05) is 33.0 Å². The van der Waals surface area contributed by atoms with Crippen molar-refractivity contribution in [1.29, 1.82) is 0 Å². The van der Waals surface area contributed by atoms with Crippen LogP contribution in [-0.4, -0.2) is 66.3 Å². The molecule has 0 fully saturated rings. The van der Waals surface area contributed by atoms with E-state index in [4.69, 9.17) is 23.6 Å². The van der Waals surface area contributed by atoms with Crippen LogP contribution in [0.2, 0.25) is 0 Å². The van der Waals surface area contributed by atoms with E-state index < -0.39 is 39.2 Å². The normalized spacial score (nSPS) is 14.3. The van der Waals surface area contributed by atoms with Gasteiger partial charge in [0.2, 0.25) is 0 Å². The highest BCUT2D eigenvalue weighted by Crippen LogP contribution is 2.43. The third kappa shape index (κ3) is 45.8. The number of ether oxygens (including phenoxy) is 2. The highest BCUT2D eigenvalue weighted by molar-refractivity contribution is 7.47. The summed E-state index contributed by atoms with van der Waals surface area (Å²) in [4.78, 5) is 22.6. The van der Waals surface area contributed by atoms with E-state index in [9.17, 15) is 19.4 Å². The van der Waals surface area contributed by atoms with Crippen molar-refractivity contribution in [1.82, 2.24) is 0 Å². The molecule has 3 atom stereocenters. The molecule has 0 radical (unpaired) electrons. The van der Waals surface area contributed by atoms with Gasteiger partial charge in [-0.05, 0) is 77.0 Å². The van der Waals surface area contributed by atoms with Crippen LogP contribution in [0.5, 0.6) is 0 Å². The highest BCUT2D eigenvalue weighted by atomic mass is 31.2. The van der Waals surface area contributed by atoms with E-state index >= 15 is 0 Å². The Morgan fingerprint density at radius 1 is 0.525 bits per heavy atom. The van der Waals surface area contributed by atoms with Gasteiger partial charge in [-0.1, -0.05) is 178 Å². The summed E-state index contributed by atoms with van der Waals surface area (Å²) in [5.41, 5.74) is 0. The number of hydrogen-bond donors (Lipinski definition) is 3. The fourth-order valence-electron chi connectivity index (χ4n) is 6.53. The lowest BCUT2D eigenvalue weighted by atomic mass is 10.1. The van der Waals surface area contributed by atoms with E-state index in [0.29, 0.717) is 6.61 Å². The predicted molar refractivity (Wildman–Crippen MR) is 247 cm³/mol. The molecule has 0 saturated heterocycles. The van der Waals surface area contributed by atoms with Gasteiger partial charge in [0.1, 0.15) is 12.2 Å². The van der Waals surface area contributed by atoms with E-state index in [1.54, 1.807) is 0 Å². The van der Waals surface area contributed by atoms with Crippen LogP contribution in [0.4, 0.5) is 0 Å². The lowest BCUT2D eigenvalue weighted by Crippen LogP contribution is -2.29. The Hall–Kier alpha value is -1.58. The molecule has 0 rings (SSSR count). The number of aliphatic hydroxyl groups excluding tert-OH is 2. The molecule has 3 unspecified atom stereocenters. The molecule has 0 aromatic carbocycles. The zero-order chi connectivity index (χ0) is 43.2. The lowest BCUT2D eigenvalue weighted by Gasteiger charge is -2.20. The van der Waals surface area contributed by atoms with Gasteiger partial charge in [0.05, 0.1) is 26.4 Å². The van der Waals surface area contributed by atoms with Gasteiger partial charge in [-0.2, -0.15) is 0 Å². The number of carbonyl (C=O) groups is 1. The van der Waals surface area contributed by atoms with Crippen molar-refractivity contribution >= 4 is 13.8 Å². The highest BCUT2D eigenvalue weighted by Gasteiger charge is 2.26. The van der Waals surface area contributed by atoms with Gasteiger partial charge >= 0.3 is 13.8 Å². The minimum atomic E-state index is -4.52. The second-order valence-corrected chi connectivity index (χ2v) is 17.6. The molecule has 0 heterocycles. The molecule has 0 spiro atoms. The maximum absolute atomic E-state index is 12.7. The molecular formula is C49H91O9P. The first kappa shape index (κ1) is 57.4. The van der Waals surface area contributed by atoms with Crippen LogP contribution in [0, 0.1) is 0 Å². The molecule has 0 aliphatic heterocycles. The maximum Gasteiger partial charge on any atom is 0.472 e. The number of carbonyl (C=O) groups excluding carboxylic acids is 1. The number of allylic oxidation sites excluding steroid dienone is 8. The SMILES string of the molecule is CCCCCCC/C=C\C/C=C\C/C=C\CCCCCCCCCCC(=O)OC(COCCCCCCCC/C=C\CCCCCCC)COP(=O)(O)OCC(O)CO. The average molecular weight is 855 g/mol. The minimum Gasteiger partial charge on any atom is -0.457 e. The molecule has 10 heteroatoms. The number of phosphoric acid groups is 1. The van der Waals surface area contributed by atoms with Crippen LogP contribution in [0.1, 0.15) is 213 Å². The van der Waals surface area contributed by atoms with Gasteiger partial charge < -0.3 is 24.6 Å². The molecule has 9 nitrogen and oxygen atoms in total. The van der Waals surface area contributed by atoms with Crippen molar-refractivity contribution in [2.45, 2.75) is 225 Å². The average Bonchev–Trinajstić information content (AvgIpc) is 3.23. The number of hydrogen-bond acceptors (Lipinski definition) is 8. The number of unbranched alkanes of at least 4 members (excludes halogenated alkanes) is 24. The topological polar surface area (TPSA) is 132 Å². The van der Waals surface area contributed by atoms with Gasteiger partial charge in [0, 0.05) is 13.0 Å². The Labute approximate surface area is 362 Å². The Morgan fingerprint density at radius 2 is 0.915 bits per heavy atom. The summed E-state index contributed by atoms with van der Waals surface area (Å²) < 4.78 is 33.4. The summed E-state index contributed by atoms with van der Waals surface area (Å²) in [5, 5.41) is 18.4. The number of phosphoric ester groups is 1. The molecule has 59 heavy (non-hydrogen) atoms. The van der Waals surface area contributed by atoms with Crippen molar-refractivity contribution in [3.8, 4) is 0 Å². The Kier molecular flexibility index (Phi) is 44.7. The molecule has 0 aromatic heterocycles. The van der Waals surface area contributed by atoms with E-state index in [1.165, 1.54) is 122 Å². The number of aliphatic hydroxyl groups is 2. The first-order valence-corrected chi connectivity index (χ1v) is 25.6. The fraction of sp³-hybridized carbons (Fsp3) is 0.816. The van der Waals surface area contributed by atoms with Crippen LogP contribution in [0.15, 0.2) is 48.6 Å². The quantitative estimate of drug-likeness (QED) is 0.0237. The number of esters is 1. The lowest BCUT2D eigenvalue weighted by molar-refractivity contribution is -0.154. The molecule has 0 bridgehead atoms. The van der Waals surface area contributed by atoms with E-state index in [2.05, 4.69) is 62.5 Å². The zero-order valence-electron chi connectivity index (χ0n) is 38.0. The number of rotatable bonds is 46. The Bertz CT molecular complexity index is 1060. The van der Waals surface area contributed by atoms with Gasteiger partial charge in [-0.25, -0.2) is 4.57 Å². The second kappa shape index (κ2) is 45.9. The van der Waals surface area contributed by atoms with Gasteiger partial charge in [0.15, 0.2) is 0 Å². The standard InChI is InChI=1S/C49H91O9P/c1-3-5-7-9-11-13-15-17-19-20-21-22-23-24-25-26-27-29-31-33-35-37-39-41-49(52)58-48(46-57-59(53,54)56-44-47(51)43-50)45-55-42-40-38-36-34-32-30-28-18-16-14-12-10-8-6-4-2/h15-18,20-21,23-24,47-48,50-51H,3-14,19,22,25-46H2,1-2H3,(H,53,54)/b17-15-,18-16-,21-20-,24-23-. The summed E-state index contributed by atoms with van der Waals surface area (Å²) in [7, 11) is -4.52. The third-order valence-corrected chi connectivity index (χ3v) is 11.2. The van der Waals surface area contributed by atoms with Gasteiger partial charge in [-0.15, -0.1) is 0 Å². The molecule has 0 saturated carbocycles. The smallest absolute Gasteiger partial charge is 0.457 e.